The van der Waals surface area contributed by atoms with Crippen LogP contribution in [0.4, 0.5) is 0 Å². The van der Waals surface area contributed by atoms with Crippen molar-refractivity contribution in [2.45, 2.75) is 32.6 Å². The van der Waals surface area contributed by atoms with Gasteiger partial charge in [0.25, 0.3) is 0 Å². The third-order valence-corrected chi connectivity index (χ3v) is 2.40. The van der Waals surface area contributed by atoms with E-state index < -0.39 is 0 Å². The molecule has 0 amide bonds. The zero-order valence-electron chi connectivity index (χ0n) is 9.99. The molecule has 0 aromatic heterocycles. The molecule has 84 valence electrons. The highest BCUT2D eigenvalue weighted by molar-refractivity contribution is 5.58. The van der Waals surface area contributed by atoms with Crippen molar-refractivity contribution in [3.8, 4) is 11.8 Å². The van der Waals surface area contributed by atoms with E-state index in [1.54, 1.807) is 18.2 Å². The Morgan fingerprint density at radius 1 is 1.38 bits per heavy atom. The molecule has 16 heavy (non-hydrogen) atoms. The highest BCUT2D eigenvalue weighted by Gasteiger charge is 2.14. The van der Waals surface area contributed by atoms with E-state index in [2.05, 4.69) is 20.8 Å². The van der Waals surface area contributed by atoms with Crippen LogP contribution in [0.3, 0.4) is 0 Å². The fourth-order valence-corrected chi connectivity index (χ4v) is 1.39. The molecule has 2 nitrogen and oxygen atoms in total. The number of nitrogens with zero attached hydrogens (tertiary/aromatic N) is 1. The van der Waals surface area contributed by atoms with Crippen molar-refractivity contribution < 1.29 is 5.11 Å². The molecule has 1 aromatic rings. The lowest BCUT2D eigenvalue weighted by atomic mass is 9.86. The lowest BCUT2D eigenvalue weighted by molar-refractivity contribution is 0.472. The summed E-state index contributed by atoms with van der Waals surface area (Å²) in [6, 6.07) is 7.62. The highest BCUT2D eigenvalue weighted by atomic mass is 16.3. The van der Waals surface area contributed by atoms with Crippen LogP contribution in [-0.4, -0.2) is 5.11 Å². The van der Waals surface area contributed by atoms with E-state index in [4.69, 9.17) is 5.26 Å². The number of aromatic hydroxyl groups is 1. The molecular weight excluding hydrogens is 198 g/mol. The Hall–Kier alpha value is -1.75. The summed E-state index contributed by atoms with van der Waals surface area (Å²) in [5.74, 6) is 0.252. The Bertz CT molecular complexity index is 433. The Balaban J connectivity index is 3.05. The molecule has 1 N–H and O–H groups in total. The molecule has 0 bridgehead atoms. The summed E-state index contributed by atoms with van der Waals surface area (Å²) in [6.45, 7) is 6.38. The Morgan fingerprint density at radius 3 is 2.62 bits per heavy atom. The lowest BCUT2D eigenvalue weighted by Crippen LogP contribution is -2.10. The van der Waals surface area contributed by atoms with Gasteiger partial charge >= 0.3 is 0 Å². The topological polar surface area (TPSA) is 44.0 Å². The molecule has 0 aliphatic heterocycles. The van der Waals surface area contributed by atoms with Gasteiger partial charge in [-0.05, 0) is 23.1 Å². The quantitative estimate of drug-likeness (QED) is 0.818. The molecule has 0 heterocycles. The monoisotopic (exact) mass is 215 g/mol. The molecule has 0 unspecified atom stereocenters. The predicted octanol–water partition coefficient (Wildman–Crippen LogP) is 3.62. The minimum absolute atomic E-state index is 0.0610. The van der Waals surface area contributed by atoms with Gasteiger partial charge in [-0.25, -0.2) is 0 Å². The SMILES string of the molecule is CC(C)(C)c1ccc(O)c(C=CCC#N)c1. The van der Waals surface area contributed by atoms with E-state index in [9.17, 15) is 5.11 Å². The summed E-state index contributed by atoms with van der Waals surface area (Å²) in [4.78, 5) is 0. The van der Waals surface area contributed by atoms with Crippen molar-refractivity contribution in [2.75, 3.05) is 0 Å². The van der Waals surface area contributed by atoms with Gasteiger partial charge in [0, 0.05) is 5.56 Å². The summed E-state index contributed by atoms with van der Waals surface area (Å²) >= 11 is 0. The first kappa shape index (κ1) is 12.3. The number of allylic oxidation sites excluding steroid dienone is 1. The number of hydrogen-bond acceptors (Lipinski definition) is 2. The van der Waals surface area contributed by atoms with E-state index in [1.807, 2.05) is 18.2 Å². The molecule has 1 aromatic carbocycles. The Kier molecular flexibility index (Phi) is 3.73. The molecule has 0 radical (unpaired) electrons. The average Bonchev–Trinajstić information content (AvgIpc) is 2.19. The van der Waals surface area contributed by atoms with E-state index in [-0.39, 0.29) is 11.2 Å². The Labute approximate surface area is 96.8 Å². The standard InChI is InChI=1S/C14H17NO/c1-14(2,3)12-7-8-13(16)11(10-12)6-4-5-9-15/h4,6-8,10,16H,5H2,1-3H3. The number of rotatable bonds is 2. The van der Waals surface area contributed by atoms with Crippen molar-refractivity contribution in [2.24, 2.45) is 0 Å². The first-order valence-electron chi connectivity index (χ1n) is 5.32. The fraction of sp³-hybridized carbons (Fsp3) is 0.357. The number of nitriles is 1. The van der Waals surface area contributed by atoms with Gasteiger partial charge < -0.3 is 5.11 Å². The summed E-state index contributed by atoms with van der Waals surface area (Å²) in [5, 5.41) is 18.1. The number of hydrogen-bond donors (Lipinski definition) is 1. The molecule has 0 fully saturated rings. The van der Waals surface area contributed by atoms with Crippen molar-refractivity contribution in [1.29, 1.82) is 5.26 Å². The first-order valence-corrected chi connectivity index (χ1v) is 5.32. The van der Waals surface area contributed by atoms with E-state index in [0.717, 1.165) is 5.56 Å². The van der Waals surface area contributed by atoms with Crippen LogP contribution in [0.1, 0.15) is 38.3 Å². The fourth-order valence-electron chi connectivity index (χ4n) is 1.39. The molecule has 0 aliphatic carbocycles. The van der Waals surface area contributed by atoms with Crippen LogP contribution in [-0.2, 0) is 5.41 Å². The van der Waals surface area contributed by atoms with Crippen LogP contribution < -0.4 is 0 Å². The van der Waals surface area contributed by atoms with Crippen LogP contribution in [0.2, 0.25) is 0 Å². The second-order valence-corrected chi connectivity index (χ2v) is 4.79. The molecule has 1 rings (SSSR count). The van der Waals surface area contributed by atoms with Gasteiger partial charge in [0.15, 0.2) is 0 Å². The molecule has 0 saturated carbocycles. The average molecular weight is 215 g/mol. The minimum atomic E-state index is 0.0610. The van der Waals surface area contributed by atoms with Gasteiger partial charge in [-0.2, -0.15) is 5.26 Å². The maximum Gasteiger partial charge on any atom is 0.122 e. The van der Waals surface area contributed by atoms with Crippen LogP contribution >= 0.6 is 0 Å². The van der Waals surface area contributed by atoms with Gasteiger partial charge in [-0.1, -0.05) is 39.0 Å². The van der Waals surface area contributed by atoms with Gasteiger partial charge in [-0.15, -0.1) is 0 Å². The predicted molar refractivity (Wildman–Crippen MR) is 66.1 cm³/mol. The van der Waals surface area contributed by atoms with Crippen molar-refractivity contribution in [1.82, 2.24) is 0 Å². The van der Waals surface area contributed by atoms with Crippen LogP contribution in [0.25, 0.3) is 6.08 Å². The maximum atomic E-state index is 9.67. The van der Waals surface area contributed by atoms with Gasteiger partial charge in [0.1, 0.15) is 5.75 Å². The van der Waals surface area contributed by atoms with Crippen molar-refractivity contribution in [3.63, 3.8) is 0 Å². The Morgan fingerprint density at radius 2 is 2.06 bits per heavy atom. The zero-order chi connectivity index (χ0) is 12.2. The largest absolute Gasteiger partial charge is 0.507 e. The summed E-state index contributed by atoms with van der Waals surface area (Å²) in [6.07, 6.45) is 3.90. The third kappa shape index (κ3) is 3.13. The van der Waals surface area contributed by atoms with Crippen LogP contribution in [0, 0.1) is 11.3 Å². The van der Waals surface area contributed by atoms with Crippen LogP contribution in [0.15, 0.2) is 24.3 Å². The van der Waals surface area contributed by atoms with Crippen LogP contribution in [0.5, 0.6) is 5.75 Å². The first-order chi connectivity index (χ1) is 7.45. The summed E-state index contributed by atoms with van der Waals surface area (Å²) in [7, 11) is 0. The van der Waals surface area contributed by atoms with Gasteiger partial charge in [0.2, 0.25) is 0 Å². The molecule has 2 heteroatoms. The van der Waals surface area contributed by atoms with E-state index >= 15 is 0 Å². The maximum absolute atomic E-state index is 9.67. The normalized spacial score (nSPS) is 11.6. The molecule has 0 spiro atoms. The number of phenols is 1. The third-order valence-electron chi connectivity index (χ3n) is 2.40. The minimum Gasteiger partial charge on any atom is -0.507 e. The molecule has 0 saturated heterocycles. The highest BCUT2D eigenvalue weighted by Crippen LogP contribution is 2.28. The van der Waals surface area contributed by atoms with E-state index in [1.165, 1.54) is 5.56 Å². The second-order valence-electron chi connectivity index (χ2n) is 4.79. The summed E-state index contributed by atoms with van der Waals surface area (Å²) in [5.41, 5.74) is 2.00. The number of phenolic OH excluding ortho intramolecular Hbond substituents is 1. The van der Waals surface area contributed by atoms with E-state index in [0.29, 0.717) is 6.42 Å². The second kappa shape index (κ2) is 4.85. The number of benzene rings is 1. The smallest absolute Gasteiger partial charge is 0.122 e. The lowest BCUT2D eigenvalue weighted by Gasteiger charge is -2.19. The van der Waals surface area contributed by atoms with Crippen molar-refractivity contribution >= 4 is 6.08 Å². The molecular formula is C14H17NO. The van der Waals surface area contributed by atoms with Crippen molar-refractivity contribution in [3.05, 3.63) is 35.4 Å². The zero-order valence-corrected chi connectivity index (χ0v) is 9.99. The summed E-state index contributed by atoms with van der Waals surface area (Å²) < 4.78 is 0. The van der Waals surface area contributed by atoms with Gasteiger partial charge in [-0.3, -0.25) is 0 Å². The molecule has 0 aliphatic rings. The van der Waals surface area contributed by atoms with Gasteiger partial charge in [0.05, 0.1) is 12.5 Å². The molecule has 0 atom stereocenters.